The third-order valence-electron chi connectivity index (χ3n) is 13.1. The monoisotopic (exact) mass is 900 g/mol. The second-order valence-electron chi connectivity index (χ2n) is 19.0. The molecule has 0 spiro atoms. The van der Waals surface area contributed by atoms with Gasteiger partial charge in [0.05, 0.1) is 25.4 Å². The maximum Gasteiger partial charge on any atom is 0.249 e. The van der Waals surface area contributed by atoms with Gasteiger partial charge in [0, 0.05) is 0 Å². The van der Waals surface area contributed by atoms with Crippen LogP contribution in [-0.4, -0.2) is 110 Å². The fourth-order valence-electron chi connectivity index (χ4n) is 8.67. The largest absolute Gasteiger partial charge is 0.394 e. The van der Waals surface area contributed by atoms with Crippen molar-refractivity contribution in [2.24, 2.45) is 0 Å². The Labute approximate surface area is 385 Å². The van der Waals surface area contributed by atoms with E-state index in [-0.39, 0.29) is 12.8 Å². The molecule has 0 aromatic heterocycles. The average molecular weight is 900 g/mol. The van der Waals surface area contributed by atoms with Gasteiger partial charge in [-0.25, -0.2) is 0 Å². The fourth-order valence-corrected chi connectivity index (χ4v) is 8.67. The van der Waals surface area contributed by atoms with E-state index in [1.807, 2.05) is 0 Å². The zero-order valence-corrected chi connectivity index (χ0v) is 40.6. The summed E-state index contributed by atoms with van der Waals surface area (Å²) >= 11 is 0. The zero-order chi connectivity index (χ0) is 46.2. The molecule has 1 amide bonds. The van der Waals surface area contributed by atoms with Crippen molar-refractivity contribution in [1.82, 2.24) is 5.32 Å². The molecule has 9 atom stereocenters. The van der Waals surface area contributed by atoms with Gasteiger partial charge >= 0.3 is 0 Å². The Hall–Kier alpha value is -1.15. The molecular weight excluding hydrogens is 799 g/mol. The molecule has 0 saturated carbocycles. The predicted molar refractivity (Wildman–Crippen MR) is 256 cm³/mol. The van der Waals surface area contributed by atoms with Gasteiger partial charge < -0.3 is 50.5 Å². The van der Waals surface area contributed by atoms with E-state index < -0.39 is 74.2 Å². The molecule has 63 heavy (non-hydrogen) atoms. The van der Waals surface area contributed by atoms with Gasteiger partial charge in [0.1, 0.15) is 36.6 Å². The summed E-state index contributed by atoms with van der Waals surface area (Å²) < 4.78 is 11.1. The Morgan fingerprint density at radius 3 is 1.35 bits per heavy atom. The van der Waals surface area contributed by atoms with Gasteiger partial charge in [-0.15, -0.1) is 0 Å². The molecule has 1 fully saturated rings. The van der Waals surface area contributed by atoms with Crippen LogP contribution < -0.4 is 5.32 Å². The summed E-state index contributed by atoms with van der Waals surface area (Å²) in [6.07, 6.45) is 35.5. The number of carbonyl (C=O) groups is 1. The van der Waals surface area contributed by atoms with E-state index in [0.29, 0.717) is 12.8 Å². The molecule has 1 rings (SSSR count). The third kappa shape index (κ3) is 31.5. The molecule has 0 aliphatic carbocycles. The molecule has 1 heterocycles. The molecular formula is C52H101NO10. The number of aliphatic hydroxyl groups is 7. The zero-order valence-electron chi connectivity index (χ0n) is 40.6. The van der Waals surface area contributed by atoms with Crippen LogP contribution >= 0.6 is 0 Å². The maximum absolute atomic E-state index is 13.1. The minimum absolute atomic E-state index is 0.261. The number of ether oxygens (including phenoxy) is 2. The molecule has 11 heteroatoms. The normalized spacial score (nSPS) is 21.2. The van der Waals surface area contributed by atoms with E-state index in [1.165, 1.54) is 161 Å². The Bertz CT molecular complexity index is 1030. The minimum atomic E-state index is -1.66. The first-order chi connectivity index (χ1) is 30.7. The summed E-state index contributed by atoms with van der Waals surface area (Å²) in [6.45, 7) is 3.45. The summed E-state index contributed by atoms with van der Waals surface area (Å²) in [6, 6.07) is -1.17. The second kappa shape index (κ2) is 42.2. The van der Waals surface area contributed by atoms with E-state index in [2.05, 4.69) is 31.3 Å². The Kier molecular flexibility index (Phi) is 40.1. The molecule has 1 saturated heterocycles. The van der Waals surface area contributed by atoms with Crippen molar-refractivity contribution in [3.63, 3.8) is 0 Å². The average Bonchev–Trinajstić information content (AvgIpc) is 3.28. The lowest BCUT2D eigenvalue weighted by molar-refractivity contribution is -0.303. The first-order valence-electron chi connectivity index (χ1n) is 26.6. The van der Waals surface area contributed by atoms with Crippen molar-refractivity contribution in [3.05, 3.63) is 12.2 Å². The summed E-state index contributed by atoms with van der Waals surface area (Å²) in [5.74, 6) is -0.699. The van der Waals surface area contributed by atoms with Crippen LogP contribution in [0, 0.1) is 0 Å². The van der Waals surface area contributed by atoms with Gasteiger partial charge in [0.15, 0.2) is 6.29 Å². The number of hydrogen-bond donors (Lipinski definition) is 8. The van der Waals surface area contributed by atoms with Crippen molar-refractivity contribution in [2.75, 3.05) is 13.2 Å². The van der Waals surface area contributed by atoms with E-state index in [9.17, 15) is 40.5 Å². The van der Waals surface area contributed by atoms with Crippen LogP contribution in [0.15, 0.2) is 12.2 Å². The number of allylic oxidation sites excluding steroid dienone is 2. The van der Waals surface area contributed by atoms with Gasteiger partial charge in [-0.3, -0.25) is 4.79 Å². The number of aliphatic hydroxyl groups excluding tert-OH is 7. The number of amides is 1. The van der Waals surface area contributed by atoms with Gasteiger partial charge in [0.25, 0.3) is 0 Å². The topological polar surface area (TPSA) is 189 Å². The number of hydrogen-bond acceptors (Lipinski definition) is 10. The fraction of sp³-hybridized carbons (Fsp3) is 0.942. The lowest BCUT2D eigenvalue weighted by Gasteiger charge is -2.40. The summed E-state index contributed by atoms with van der Waals surface area (Å²) in [7, 11) is 0. The van der Waals surface area contributed by atoms with Crippen molar-refractivity contribution in [1.29, 1.82) is 0 Å². The summed E-state index contributed by atoms with van der Waals surface area (Å²) in [5, 5.41) is 75.9. The van der Waals surface area contributed by atoms with Crippen LogP contribution in [0.2, 0.25) is 0 Å². The van der Waals surface area contributed by atoms with E-state index in [1.54, 1.807) is 0 Å². The standard InChI is InChI=1S/C52H101NO10/c1-3-5-7-9-11-13-15-17-19-20-21-22-23-24-25-26-28-30-32-34-36-38-40-45(56)51(61)53-43(42-62-52-50(60)49(59)48(58)46(41-54)63-52)47(57)44(55)39-37-35-33-31-29-27-18-16-14-12-10-8-6-4-2/h27,29,43-50,52,54-60H,3-26,28,30-42H2,1-2H3,(H,53,61)/b29-27-/t43-,44-,45-,46-,47+,48-,49+,50-,52-/m1/s1. The van der Waals surface area contributed by atoms with Crippen molar-refractivity contribution in [3.8, 4) is 0 Å². The number of unbranched alkanes of at least 4 members (excludes halogenated alkanes) is 31. The Morgan fingerprint density at radius 1 is 0.540 bits per heavy atom. The molecule has 1 aliphatic rings. The highest BCUT2D eigenvalue weighted by Gasteiger charge is 2.44. The summed E-state index contributed by atoms with van der Waals surface area (Å²) in [4.78, 5) is 13.1. The third-order valence-corrected chi connectivity index (χ3v) is 13.1. The smallest absolute Gasteiger partial charge is 0.249 e. The number of nitrogens with one attached hydrogen (secondary N) is 1. The molecule has 0 aromatic carbocycles. The highest BCUT2D eigenvalue weighted by Crippen LogP contribution is 2.23. The molecule has 11 nitrogen and oxygen atoms in total. The van der Waals surface area contributed by atoms with Gasteiger partial charge in [0.2, 0.25) is 5.91 Å². The number of carbonyl (C=O) groups excluding carboxylic acids is 1. The molecule has 0 bridgehead atoms. The first kappa shape index (κ1) is 59.9. The van der Waals surface area contributed by atoms with E-state index in [0.717, 1.165) is 44.9 Å². The highest BCUT2D eigenvalue weighted by atomic mass is 16.7. The van der Waals surface area contributed by atoms with Crippen LogP contribution in [-0.2, 0) is 14.3 Å². The molecule has 0 unspecified atom stereocenters. The molecule has 0 radical (unpaired) electrons. The summed E-state index contributed by atoms with van der Waals surface area (Å²) in [5.41, 5.74) is 0. The van der Waals surface area contributed by atoms with Crippen molar-refractivity contribution in [2.45, 2.75) is 300 Å². The Balaban J connectivity index is 2.34. The minimum Gasteiger partial charge on any atom is -0.394 e. The van der Waals surface area contributed by atoms with Crippen LogP contribution in [0.1, 0.15) is 245 Å². The predicted octanol–water partition coefficient (Wildman–Crippen LogP) is 10.0. The molecule has 374 valence electrons. The first-order valence-corrected chi connectivity index (χ1v) is 26.6. The van der Waals surface area contributed by atoms with Crippen molar-refractivity contribution < 1.29 is 50.0 Å². The lowest BCUT2D eigenvalue weighted by atomic mass is 9.98. The number of rotatable bonds is 45. The molecule has 8 N–H and O–H groups in total. The highest BCUT2D eigenvalue weighted by molar-refractivity contribution is 5.80. The molecule has 0 aromatic rings. The maximum atomic E-state index is 13.1. The quantitative estimate of drug-likeness (QED) is 0.0216. The van der Waals surface area contributed by atoms with Crippen LogP contribution in [0.4, 0.5) is 0 Å². The lowest BCUT2D eigenvalue weighted by Crippen LogP contribution is -2.60. The van der Waals surface area contributed by atoms with Crippen LogP contribution in [0.5, 0.6) is 0 Å². The van der Waals surface area contributed by atoms with Gasteiger partial charge in [-0.1, -0.05) is 219 Å². The van der Waals surface area contributed by atoms with E-state index >= 15 is 0 Å². The van der Waals surface area contributed by atoms with Crippen molar-refractivity contribution >= 4 is 5.91 Å². The Morgan fingerprint density at radius 2 is 0.921 bits per heavy atom. The van der Waals surface area contributed by atoms with Gasteiger partial charge in [-0.05, 0) is 38.5 Å². The van der Waals surface area contributed by atoms with Gasteiger partial charge in [-0.2, -0.15) is 0 Å². The van der Waals surface area contributed by atoms with Crippen LogP contribution in [0.25, 0.3) is 0 Å². The van der Waals surface area contributed by atoms with E-state index in [4.69, 9.17) is 9.47 Å². The SMILES string of the molecule is CCCCCCCCC/C=C\CCCCC[C@@H](O)[C@@H](O)[C@@H](CO[C@@H]1O[C@H](CO)[C@@H](O)[C@H](O)[C@H]1O)NC(=O)[C@H](O)CCCCCCCCCCCCCCCCCCCCCCCC. The van der Waals surface area contributed by atoms with Crippen LogP contribution in [0.3, 0.4) is 0 Å². The molecule has 1 aliphatic heterocycles. The second-order valence-corrected chi connectivity index (χ2v) is 19.0.